The molecule has 2 aromatic rings. The van der Waals surface area contributed by atoms with E-state index in [1.807, 2.05) is 6.08 Å². The lowest BCUT2D eigenvalue weighted by atomic mass is 9.96. The van der Waals surface area contributed by atoms with Crippen molar-refractivity contribution in [2.45, 2.75) is 63.8 Å². The lowest BCUT2D eigenvalue weighted by Crippen LogP contribution is -2.52. The van der Waals surface area contributed by atoms with Gasteiger partial charge in [0.15, 0.2) is 5.82 Å². The van der Waals surface area contributed by atoms with Crippen LogP contribution in [0.5, 0.6) is 0 Å². The van der Waals surface area contributed by atoms with E-state index in [1.54, 1.807) is 30.0 Å². The molecule has 1 amide bonds. The Kier molecular flexibility index (Phi) is 8.39. The van der Waals surface area contributed by atoms with E-state index in [2.05, 4.69) is 15.3 Å². The molecule has 0 radical (unpaired) electrons. The molecule has 1 aromatic heterocycles. The van der Waals surface area contributed by atoms with Crippen LogP contribution in [-0.4, -0.2) is 72.4 Å². The highest BCUT2D eigenvalue weighted by atomic mass is 19.4. The van der Waals surface area contributed by atoms with Crippen molar-refractivity contribution in [2.24, 2.45) is 0 Å². The molecule has 0 aliphatic carbocycles. The third kappa shape index (κ3) is 5.98. The number of halogens is 4. The summed E-state index contributed by atoms with van der Waals surface area (Å²) in [6.45, 7) is 3.01. The van der Waals surface area contributed by atoms with Crippen molar-refractivity contribution >= 4 is 11.7 Å². The van der Waals surface area contributed by atoms with Gasteiger partial charge in [-0.15, -0.1) is 0 Å². The molecule has 40 heavy (non-hydrogen) atoms. The van der Waals surface area contributed by atoms with E-state index in [1.165, 1.54) is 6.07 Å². The van der Waals surface area contributed by atoms with Crippen LogP contribution >= 0.6 is 0 Å². The van der Waals surface area contributed by atoms with Gasteiger partial charge in [-0.1, -0.05) is 12.1 Å². The predicted molar refractivity (Wildman–Crippen MR) is 140 cm³/mol. The van der Waals surface area contributed by atoms with Gasteiger partial charge in [-0.05, 0) is 49.4 Å². The second-order valence-corrected chi connectivity index (χ2v) is 10.4. The topological polar surface area (TPSA) is 79.8 Å². The number of nitrogens with zero attached hydrogens (tertiary/aromatic N) is 4. The smallest absolute Gasteiger partial charge is 0.379 e. The van der Waals surface area contributed by atoms with Gasteiger partial charge in [0.05, 0.1) is 18.3 Å². The summed E-state index contributed by atoms with van der Waals surface area (Å²) >= 11 is 0. The number of anilines is 1. The molecule has 1 saturated heterocycles. The van der Waals surface area contributed by atoms with E-state index in [-0.39, 0.29) is 42.2 Å². The Morgan fingerprint density at radius 1 is 1.20 bits per heavy atom. The number of nitrogens with one attached hydrogen (secondary N) is 1. The highest BCUT2D eigenvalue weighted by molar-refractivity contribution is 5.95. The van der Waals surface area contributed by atoms with Gasteiger partial charge in [0.2, 0.25) is 0 Å². The van der Waals surface area contributed by atoms with Crippen LogP contribution < -0.4 is 10.2 Å². The van der Waals surface area contributed by atoms with Crippen LogP contribution in [0.4, 0.5) is 23.4 Å². The lowest BCUT2D eigenvalue weighted by molar-refractivity contribution is -0.137. The van der Waals surface area contributed by atoms with Gasteiger partial charge in [-0.2, -0.15) is 13.2 Å². The number of aromatic nitrogens is 2. The number of benzene rings is 1. The molecule has 1 N–H and O–H groups in total. The fraction of sp³-hybridized carbons (Fsp3) is 0.536. The molecule has 5 rings (SSSR count). The zero-order valence-electron chi connectivity index (χ0n) is 22.5. The number of carbonyl (C=O) groups excluding carboxylic acids is 1. The number of hydrogen-bond acceptors (Lipinski definition) is 7. The third-order valence-electron chi connectivity index (χ3n) is 7.81. The molecule has 8 nitrogen and oxygen atoms in total. The Bertz CT molecular complexity index is 1270. The molecule has 12 heteroatoms. The summed E-state index contributed by atoms with van der Waals surface area (Å²) in [5.74, 6) is -0.146. The maximum absolute atomic E-state index is 13.8. The summed E-state index contributed by atoms with van der Waals surface area (Å²) in [5, 5.41) is 3.58. The Balaban J connectivity index is 1.34. The Hall–Kier alpha value is -3.09. The number of ether oxygens (including phenoxy) is 2. The molecule has 3 atom stereocenters. The molecule has 0 spiro atoms. The lowest BCUT2D eigenvalue weighted by Gasteiger charge is -2.35. The second kappa shape index (κ2) is 11.8. The van der Waals surface area contributed by atoms with Crippen LogP contribution in [0.1, 0.15) is 51.4 Å². The van der Waals surface area contributed by atoms with Gasteiger partial charge >= 0.3 is 6.18 Å². The first-order valence-corrected chi connectivity index (χ1v) is 13.4. The van der Waals surface area contributed by atoms with E-state index in [9.17, 15) is 22.4 Å². The van der Waals surface area contributed by atoms with Gasteiger partial charge in [-0.25, -0.2) is 14.4 Å². The van der Waals surface area contributed by atoms with Gasteiger partial charge in [0.25, 0.3) is 5.91 Å². The van der Waals surface area contributed by atoms with Crippen molar-refractivity contribution in [3.63, 3.8) is 0 Å². The minimum absolute atomic E-state index is 0.0372. The molecule has 216 valence electrons. The van der Waals surface area contributed by atoms with E-state index in [4.69, 9.17) is 9.47 Å². The van der Waals surface area contributed by atoms with Crippen molar-refractivity contribution in [1.82, 2.24) is 20.2 Å². The quantitative estimate of drug-likeness (QED) is 0.533. The van der Waals surface area contributed by atoms with E-state index < -0.39 is 18.4 Å². The zero-order chi connectivity index (χ0) is 28.4. The number of methoxy groups -OCH3 is 1. The summed E-state index contributed by atoms with van der Waals surface area (Å²) in [7, 11) is 1.66. The molecular weight excluding hydrogens is 530 g/mol. The Morgan fingerprint density at radius 2 is 2.02 bits per heavy atom. The first kappa shape index (κ1) is 28.4. The van der Waals surface area contributed by atoms with E-state index in [0.29, 0.717) is 56.1 Å². The van der Waals surface area contributed by atoms with Crippen molar-refractivity contribution in [3.8, 4) is 0 Å². The van der Waals surface area contributed by atoms with Crippen molar-refractivity contribution in [2.75, 3.05) is 38.3 Å². The van der Waals surface area contributed by atoms with Crippen molar-refractivity contribution in [1.29, 1.82) is 0 Å². The summed E-state index contributed by atoms with van der Waals surface area (Å²) in [6, 6.07) is 3.96. The maximum atomic E-state index is 13.8. The minimum atomic E-state index is -4.45. The molecule has 1 fully saturated rings. The van der Waals surface area contributed by atoms with Crippen LogP contribution in [0.2, 0.25) is 0 Å². The van der Waals surface area contributed by atoms with Crippen LogP contribution in [0.3, 0.4) is 0 Å². The fourth-order valence-corrected chi connectivity index (χ4v) is 5.55. The van der Waals surface area contributed by atoms with Crippen LogP contribution in [0, 0.1) is 6.92 Å². The van der Waals surface area contributed by atoms with Gasteiger partial charge in [0.1, 0.15) is 18.2 Å². The average Bonchev–Trinajstić information content (AvgIpc) is 2.96. The van der Waals surface area contributed by atoms with Gasteiger partial charge in [0, 0.05) is 57.2 Å². The average molecular weight is 564 g/mol. The highest BCUT2D eigenvalue weighted by Crippen LogP contribution is 2.34. The molecule has 3 aliphatic rings. The van der Waals surface area contributed by atoms with Crippen LogP contribution in [0.25, 0.3) is 0 Å². The first-order chi connectivity index (χ1) is 19.2. The summed E-state index contributed by atoms with van der Waals surface area (Å²) in [5.41, 5.74) is 1.21. The maximum Gasteiger partial charge on any atom is 0.416 e. The number of hydrogen-bond donors (Lipinski definition) is 1. The second-order valence-electron chi connectivity index (χ2n) is 10.4. The molecule has 4 heterocycles. The number of amides is 1. The molecular formula is C28H33F4N5O3. The highest BCUT2D eigenvalue weighted by Gasteiger charge is 2.33. The minimum Gasteiger partial charge on any atom is -0.379 e. The van der Waals surface area contributed by atoms with Crippen LogP contribution in [-0.2, 0) is 35.3 Å². The number of fused-ring (bicyclic) bond motifs is 1. The van der Waals surface area contributed by atoms with Gasteiger partial charge in [-0.3, -0.25) is 4.79 Å². The zero-order valence-corrected chi connectivity index (χ0v) is 22.5. The van der Waals surface area contributed by atoms with E-state index >= 15 is 0 Å². The largest absolute Gasteiger partial charge is 0.416 e. The van der Waals surface area contributed by atoms with Crippen molar-refractivity contribution < 1.29 is 31.8 Å². The summed E-state index contributed by atoms with van der Waals surface area (Å²) < 4.78 is 64.7. The van der Waals surface area contributed by atoms with Crippen molar-refractivity contribution in [3.05, 3.63) is 64.2 Å². The third-order valence-corrected chi connectivity index (χ3v) is 7.81. The Morgan fingerprint density at radius 3 is 2.73 bits per heavy atom. The van der Waals surface area contributed by atoms with Gasteiger partial charge < -0.3 is 24.6 Å². The monoisotopic (exact) mass is 563 g/mol. The molecule has 0 bridgehead atoms. The first-order valence-electron chi connectivity index (χ1n) is 13.4. The summed E-state index contributed by atoms with van der Waals surface area (Å²) in [4.78, 5) is 25.4. The number of rotatable bonds is 6. The molecule has 1 aromatic carbocycles. The predicted octanol–water partition coefficient (Wildman–Crippen LogP) is 3.96. The Labute approximate surface area is 230 Å². The summed E-state index contributed by atoms with van der Waals surface area (Å²) in [6.07, 6.45) is 1.17. The van der Waals surface area contributed by atoms with Crippen LogP contribution in [0.15, 0.2) is 30.5 Å². The normalized spacial score (nSPS) is 23.3. The molecule has 0 saturated carbocycles. The van der Waals surface area contributed by atoms with E-state index in [0.717, 1.165) is 24.1 Å². The molecule has 1 unspecified atom stereocenters. The molecule has 3 aliphatic heterocycles. The number of alkyl halides is 4. The standard InChI is InChI=1S/C28H33F4N5O3/c1-17-25(27(38)36-10-6-21(7-11-36)33-22-8-12-40-16-23(22)39-2)34-24(14-29)35-26(17)37-9-5-18-3-4-20(28(30,31)32)13-19(18)15-37/h3-4,6,10,13,21-23,33H,5,7-9,11-12,14-16H2,1-2H3/t21?,22-,23+/m1/s1. The SMILES string of the molecule is CO[C@H]1COCC[C@H]1NC1C=CN(C(=O)c2nc(CF)nc(N3CCc4ccc(C(F)(F)F)cc4C3)c2C)CC1. The fourth-order valence-electron chi connectivity index (χ4n) is 5.55. The number of carbonyl (C=O) groups is 1.